The fourth-order valence-corrected chi connectivity index (χ4v) is 5.31. The van der Waals surface area contributed by atoms with Crippen LogP contribution in [0.1, 0.15) is 54.2 Å². The Kier molecular flexibility index (Phi) is 2.32. The molecule has 5 rings (SSSR count). The third-order valence-corrected chi connectivity index (χ3v) is 5.70. The molecule has 4 aliphatic rings. The number of hydrogen-bond acceptors (Lipinski definition) is 2. The second-order valence-electron chi connectivity index (χ2n) is 6.84. The number of aryl methyl sites for hydroxylation is 1. The highest BCUT2D eigenvalue weighted by atomic mass is 16.4. The number of carboxylic acid groups (broad SMARTS) is 1. The van der Waals surface area contributed by atoms with E-state index in [2.05, 4.69) is 5.10 Å². The first-order valence-corrected chi connectivity index (χ1v) is 7.39. The van der Waals surface area contributed by atoms with E-state index in [1.165, 1.54) is 32.1 Å². The van der Waals surface area contributed by atoms with Gasteiger partial charge < -0.3 is 5.11 Å². The van der Waals surface area contributed by atoms with Crippen LogP contribution in [0.15, 0.2) is 6.07 Å². The minimum atomic E-state index is -0.911. The molecule has 4 nitrogen and oxygen atoms in total. The van der Waals surface area contributed by atoms with Crippen molar-refractivity contribution in [3.8, 4) is 0 Å². The Labute approximate surface area is 112 Å². The van der Waals surface area contributed by atoms with Crippen LogP contribution in [0.25, 0.3) is 0 Å². The van der Waals surface area contributed by atoms with E-state index in [-0.39, 0.29) is 5.69 Å². The van der Waals surface area contributed by atoms with Gasteiger partial charge >= 0.3 is 5.97 Å². The lowest BCUT2D eigenvalue weighted by Crippen LogP contribution is -2.44. The molecule has 4 heteroatoms. The number of nitrogens with zero attached hydrogens (tertiary/aromatic N) is 2. The molecule has 102 valence electrons. The molecular weight excluding hydrogens is 240 g/mol. The van der Waals surface area contributed by atoms with Gasteiger partial charge in [-0.15, -0.1) is 0 Å². The van der Waals surface area contributed by atoms with Crippen molar-refractivity contribution >= 4 is 5.97 Å². The maximum atomic E-state index is 11.1. The van der Waals surface area contributed by atoms with Crippen LogP contribution in [0.4, 0.5) is 0 Å². The minimum absolute atomic E-state index is 0.200. The van der Waals surface area contributed by atoms with Crippen molar-refractivity contribution < 1.29 is 9.90 Å². The highest BCUT2D eigenvalue weighted by Crippen LogP contribution is 2.59. The summed E-state index contributed by atoms with van der Waals surface area (Å²) in [4.78, 5) is 11.1. The lowest BCUT2D eigenvalue weighted by Gasteiger charge is -2.54. The number of rotatable bonds is 2. The van der Waals surface area contributed by atoms with Gasteiger partial charge in [-0.25, -0.2) is 4.79 Å². The molecule has 0 radical (unpaired) electrons. The second kappa shape index (κ2) is 3.84. The van der Waals surface area contributed by atoms with E-state index in [9.17, 15) is 4.79 Å². The van der Waals surface area contributed by atoms with E-state index >= 15 is 0 Å². The molecule has 4 bridgehead atoms. The molecule has 0 aromatic carbocycles. The molecule has 4 saturated carbocycles. The molecule has 0 amide bonds. The Balaban J connectivity index is 1.71. The summed E-state index contributed by atoms with van der Waals surface area (Å²) >= 11 is 0. The third-order valence-electron chi connectivity index (χ3n) is 5.70. The molecule has 1 heterocycles. The second-order valence-corrected chi connectivity index (χ2v) is 6.84. The number of carbonyl (C=O) groups is 1. The maximum absolute atomic E-state index is 11.1. The van der Waals surface area contributed by atoms with Crippen molar-refractivity contribution in [2.75, 3.05) is 0 Å². The van der Waals surface area contributed by atoms with Gasteiger partial charge in [0.2, 0.25) is 0 Å². The van der Waals surface area contributed by atoms with Crippen LogP contribution in [0.2, 0.25) is 0 Å². The molecular formula is C15H20N2O2. The topological polar surface area (TPSA) is 55.1 Å². The van der Waals surface area contributed by atoms with Gasteiger partial charge in [0.15, 0.2) is 5.69 Å². The monoisotopic (exact) mass is 260 g/mol. The van der Waals surface area contributed by atoms with Crippen molar-refractivity contribution in [2.24, 2.45) is 30.7 Å². The summed E-state index contributed by atoms with van der Waals surface area (Å²) in [6.45, 7) is 0. The van der Waals surface area contributed by atoms with Gasteiger partial charge in [0, 0.05) is 18.7 Å². The van der Waals surface area contributed by atoms with E-state index in [1.54, 1.807) is 0 Å². The van der Waals surface area contributed by atoms with Crippen LogP contribution in [0, 0.1) is 23.7 Å². The van der Waals surface area contributed by atoms with Gasteiger partial charge in [-0.1, -0.05) is 0 Å². The molecule has 1 N–H and O–H groups in total. The van der Waals surface area contributed by atoms with Crippen molar-refractivity contribution in [3.05, 3.63) is 17.5 Å². The van der Waals surface area contributed by atoms with Crippen LogP contribution < -0.4 is 0 Å². The summed E-state index contributed by atoms with van der Waals surface area (Å²) in [6.07, 6.45) is 6.86. The number of aromatic carboxylic acids is 1. The van der Waals surface area contributed by atoms with Gasteiger partial charge in [-0.2, -0.15) is 5.10 Å². The molecule has 0 saturated heterocycles. The predicted molar refractivity (Wildman–Crippen MR) is 70.0 cm³/mol. The molecule has 1 aromatic heterocycles. The molecule has 0 spiro atoms. The van der Waals surface area contributed by atoms with Crippen LogP contribution in [0.3, 0.4) is 0 Å². The average molecular weight is 260 g/mol. The normalized spacial score (nSPS) is 39.7. The Morgan fingerprint density at radius 2 is 1.79 bits per heavy atom. The van der Waals surface area contributed by atoms with Gasteiger partial charge in [-0.05, 0) is 61.8 Å². The zero-order valence-corrected chi connectivity index (χ0v) is 11.2. The molecule has 0 aliphatic heterocycles. The minimum Gasteiger partial charge on any atom is -0.476 e. The molecule has 1 aromatic rings. The van der Waals surface area contributed by atoms with Crippen LogP contribution >= 0.6 is 0 Å². The Bertz CT molecular complexity index is 506. The van der Waals surface area contributed by atoms with E-state index in [0.29, 0.717) is 5.92 Å². The van der Waals surface area contributed by atoms with Gasteiger partial charge in [0.25, 0.3) is 0 Å². The van der Waals surface area contributed by atoms with Crippen molar-refractivity contribution in [3.63, 3.8) is 0 Å². The zero-order chi connectivity index (χ0) is 13.1. The summed E-state index contributed by atoms with van der Waals surface area (Å²) in [5.41, 5.74) is 1.36. The van der Waals surface area contributed by atoms with Gasteiger partial charge in [0.05, 0.1) is 0 Å². The summed E-state index contributed by atoms with van der Waals surface area (Å²) in [5, 5.41) is 13.3. The molecule has 4 fully saturated rings. The van der Waals surface area contributed by atoms with Crippen LogP contribution in [0.5, 0.6) is 0 Å². The highest BCUT2D eigenvalue weighted by Gasteiger charge is 2.49. The number of hydrogen-bond donors (Lipinski definition) is 1. The highest BCUT2D eigenvalue weighted by molar-refractivity contribution is 5.85. The average Bonchev–Trinajstić information content (AvgIpc) is 2.70. The van der Waals surface area contributed by atoms with Gasteiger partial charge in [-0.3, -0.25) is 4.68 Å². The first kappa shape index (κ1) is 11.5. The van der Waals surface area contributed by atoms with Crippen molar-refractivity contribution in [2.45, 2.75) is 38.0 Å². The molecule has 19 heavy (non-hydrogen) atoms. The van der Waals surface area contributed by atoms with E-state index in [1.807, 2.05) is 17.8 Å². The van der Waals surface area contributed by atoms with Crippen molar-refractivity contribution in [1.82, 2.24) is 9.78 Å². The number of aromatic nitrogens is 2. The largest absolute Gasteiger partial charge is 0.476 e. The van der Waals surface area contributed by atoms with E-state index in [0.717, 1.165) is 29.4 Å². The molecule has 0 atom stereocenters. The van der Waals surface area contributed by atoms with Crippen molar-refractivity contribution in [1.29, 1.82) is 0 Å². The summed E-state index contributed by atoms with van der Waals surface area (Å²) < 4.78 is 1.82. The Morgan fingerprint density at radius 1 is 1.21 bits per heavy atom. The molecule has 0 unspecified atom stereocenters. The van der Waals surface area contributed by atoms with E-state index in [4.69, 9.17) is 5.11 Å². The SMILES string of the molecule is Cn1nc(C(=O)O)cc1C1C2CC3CC(C2)CC1C3. The summed E-state index contributed by atoms with van der Waals surface area (Å²) in [5.74, 6) is 3.09. The van der Waals surface area contributed by atoms with Crippen LogP contribution in [-0.2, 0) is 7.05 Å². The predicted octanol–water partition coefficient (Wildman–Crippen LogP) is 2.66. The third kappa shape index (κ3) is 1.65. The fraction of sp³-hybridized carbons (Fsp3) is 0.733. The summed E-state index contributed by atoms with van der Waals surface area (Å²) in [7, 11) is 1.90. The smallest absolute Gasteiger partial charge is 0.356 e. The maximum Gasteiger partial charge on any atom is 0.356 e. The molecule has 4 aliphatic carbocycles. The fourth-order valence-electron chi connectivity index (χ4n) is 5.31. The Hall–Kier alpha value is -1.32. The van der Waals surface area contributed by atoms with Crippen LogP contribution in [-0.4, -0.2) is 20.9 Å². The first-order valence-electron chi connectivity index (χ1n) is 7.39. The first-order chi connectivity index (χ1) is 9.11. The summed E-state index contributed by atoms with van der Waals surface area (Å²) in [6, 6.07) is 1.81. The van der Waals surface area contributed by atoms with E-state index < -0.39 is 5.97 Å². The lowest BCUT2D eigenvalue weighted by molar-refractivity contribution is -0.00533. The van der Waals surface area contributed by atoms with Gasteiger partial charge in [0.1, 0.15) is 0 Å². The lowest BCUT2D eigenvalue weighted by atomic mass is 9.51. The zero-order valence-electron chi connectivity index (χ0n) is 11.2. The number of carboxylic acids is 1. The quantitative estimate of drug-likeness (QED) is 0.889. The standard InChI is InChI=1S/C15H20N2O2/c1-17-13(7-12(16-17)15(18)19)14-10-3-8-2-9(5-10)6-11(14)4-8/h7-11,14H,2-6H2,1H3,(H,18,19). The Morgan fingerprint density at radius 3 is 2.26 bits per heavy atom.